The van der Waals surface area contributed by atoms with Crippen molar-refractivity contribution in [3.05, 3.63) is 47.1 Å². The largest absolute Gasteiger partial charge is 0.369 e. The Morgan fingerprint density at radius 2 is 2.05 bits per heavy atom. The molecule has 20 heavy (non-hydrogen) atoms. The number of hydrogen-bond acceptors (Lipinski definition) is 4. The van der Waals surface area contributed by atoms with Gasteiger partial charge in [-0.2, -0.15) is 0 Å². The first-order valence-electron chi connectivity index (χ1n) is 6.00. The molecule has 1 heterocycles. The molecule has 0 aliphatic carbocycles. The van der Waals surface area contributed by atoms with Gasteiger partial charge < -0.3 is 5.32 Å². The van der Waals surface area contributed by atoms with Gasteiger partial charge in [0.15, 0.2) is 0 Å². The first-order valence-corrected chi connectivity index (χ1v) is 8.28. The first kappa shape index (κ1) is 14.8. The van der Waals surface area contributed by atoms with Gasteiger partial charge in [0.05, 0.1) is 0 Å². The topological polar surface area (TPSA) is 71.1 Å². The maximum absolute atomic E-state index is 12.4. The van der Waals surface area contributed by atoms with Crippen LogP contribution in [0.2, 0.25) is 0 Å². The Bertz CT molecular complexity index is 704. The summed E-state index contributed by atoms with van der Waals surface area (Å²) in [6.07, 6.45) is 1.55. The number of rotatable bonds is 5. The Kier molecular flexibility index (Phi) is 4.61. The molecule has 0 radical (unpaired) electrons. The quantitative estimate of drug-likeness (QED) is 0.864. The summed E-state index contributed by atoms with van der Waals surface area (Å²) in [5, 5.41) is 2.94. The standard InChI is InChI=1S/C13H14BrN3O2S/c1-2-15-13-12(7-4-8-16-13)20(18,19)17-11-6-3-5-10(14)9-11/h3-9,17H,2H2,1H3,(H,15,16). The molecule has 0 bridgehead atoms. The number of halogens is 1. The zero-order chi connectivity index (χ0) is 14.6. The molecule has 0 aliphatic heterocycles. The van der Waals surface area contributed by atoms with Crippen molar-refractivity contribution in [1.29, 1.82) is 0 Å². The number of nitrogens with one attached hydrogen (secondary N) is 2. The summed E-state index contributed by atoms with van der Waals surface area (Å²) in [5.74, 6) is 0.345. The van der Waals surface area contributed by atoms with E-state index in [1.54, 1.807) is 30.5 Å². The van der Waals surface area contributed by atoms with Crippen molar-refractivity contribution in [3.8, 4) is 0 Å². The Labute approximate surface area is 126 Å². The SMILES string of the molecule is CCNc1ncccc1S(=O)(=O)Nc1cccc(Br)c1. The number of sulfonamides is 1. The fourth-order valence-corrected chi connectivity index (χ4v) is 3.25. The van der Waals surface area contributed by atoms with Crippen LogP contribution in [0.3, 0.4) is 0 Å². The summed E-state index contributed by atoms with van der Waals surface area (Å²) in [7, 11) is -3.68. The minimum Gasteiger partial charge on any atom is -0.369 e. The highest BCUT2D eigenvalue weighted by molar-refractivity contribution is 9.10. The van der Waals surface area contributed by atoms with E-state index < -0.39 is 10.0 Å². The van der Waals surface area contributed by atoms with Crippen molar-refractivity contribution in [2.45, 2.75) is 11.8 Å². The van der Waals surface area contributed by atoms with Crippen LogP contribution in [-0.4, -0.2) is 19.9 Å². The monoisotopic (exact) mass is 355 g/mol. The average molecular weight is 356 g/mol. The Hall–Kier alpha value is -1.60. The second-order valence-corrected chi connectivity index (χ2v) is 6.56. The normalized spacial score (nSPS) is 11.1. The fourth-order valence-electron chi connectivity index (χ4n) is 1.67. The molecule has 0 amide bonds. The van der Waals surface area contributed by atoms with E-state index in [1.165, 1.54) is 6.07 Å². The predicted octanol–water partition coefficient (Wildman–Crippen LogP) is 3.08. The van der Waals surface area contributed by atoms with Gasteiger partial charge in [-0.3, -0.25) is 4.72 Å². The minimum atomic E-state index is -3.68. The number of hydrogen-bond donors (Lipinski definition) is 2. The lowest BCUT2D eigenvalue weighted by Crippen LogP contribution is -2.16. The number of pyridine rings is 1. The Morgan fingerprint density at radius 1 is 1.25 bits per heavy atom. The Balaban J connectivity index is 2.36. The van der Waals surface area contributed by atoms with Gasteiger partial charge in [0, 0.05) is 22.9 Å². The molecule has 0 atom stereocenters. The Morgan fingerprint density at radius 3 is 2.75 bits per heavy atom. The van der Waals surface area contributed by atoms with E-state index in [1.807, 2.05) is 13.0 Å². The smallest absolute Gasteiger partial charge is 0.265 e. The molecule has 1 aromatic heterocycles. The molecule has 1 aromatic carbocycles. The van der Waals surface area contributed by atoms with E-state index in [4.69, 9.17) is 0 Å². The van der Waals surface area contributed by atoms with Gasteiger partial charge in [0.1, 0.15) is 10.7 Å². The van der Waals surface area contributed by atoms with E-state index in [2.05, 4.69) is 31.0 Å². The third-order valence-electron chi connectivity index (χ3n) is 2.48. The van der Waals surface area contributed by atoms with Crippen LogP contribution in [0.4, 0.5) is 11.5 Å². The summed E-state index contributed by atoms with van der Waals surface area (Å²) < 4.78 is 28.1. The van der Waals surface area contributed by atoms with Crippen LogP contribution in [0.25, 0.3) is 0 Å². The lowest BCUT2D eigenvalue weighted by molar-refractivity contribution is 0.601. The summed E-state index contributed by atoms with van der Waals surface area (Å²) in [6, 6.07) is 10.1. The van der Waals surface area contributed by atoms with Gasteiger partial charge in [-0.25, -0.2) is 13.4 Å². The van der Waals surface area contributed by atoms with Gasteiger partial charge in [-0.05, 0) is 37.3 Å². The third kappa shape index (κ3) is 3.49. The second-order valence-electron chi connectivity index (χ2n) is 4.00. The molecule has 7 heteroatoms. The number of aromatic nitrogens is 1. The lowest BCUT2D eigenvalue weighted by atomic mass is 10.3. The van der Waals surface area contributed by atoms with E-state index in [9.17, 15) is 8.42 Å². The van der Waals surface area contributed by atoms with Crippen LogP contribution in [0.1, 0.15) is 6.92 Å². The van der Waals surface area contributed by atoms with Crippen molar-refractivity contribution in [1.82, 2.24) is 4.98 Å². The molecule has 0 fully saturated rings. The molecule has 0 spiro atoms. The molecule has 2 rings (SSSR count). The van der Waals surface area contributed by atoms with Gasteiger partial charge in [0.25, 0.3) is 10.0 Å². The van der Waals surface area contributed by atoms with Crippen LogP contribution < -0.4 is 10.0 Å². The summed E-state index contributed by atoms with van der Waals surface area (Å²) >= 11 is 3.31. The first-order chi connectivity index (χ1) is 9.53. The van der Waals surface area contributed by atoms with Crippen LogP contribution >= 0.6 is 15.9 Å². The third-order valence-corrected chi connectivity index (χ3v) is 4.39. The maximum atomic E-state index is 12.4. The molecule has 0 aliphatic rings. The molecule has 2 aromatic rings. The van der Waals surface area contributed by atoms with E-state index in [0.29, 0.717) is 18.1 Å². The molecular weight excluding hydrogens is 342 g/mol. The maximum Gasteiger partial charge on any atom is 0.265 e. The molecule has 0 saturated heterocycles. The van der Waals surface area contributed by atoms with Gasteiger partial charge in [-0.1, -0.05) is 22.0 Å². The average Bonchev–Trinajstić information content (AvgIpc) is 2.39. The number of anilines is 2. The molecular formula is C13H14BrN3O2S. The molecule has 2 N–H and O–H groups in total. The van der Waals surface area contributed by atoms with Crippen LogP contribution in [-0.2, 0) is 10.0 Å². The fraction of sp³-hybridized carbons (Fsp3) is 0.154. The second kappa shape index (κ2) is 6.23. The molecule has 5 nitrogen and oxygen atoms in total. The molecule has 0 unspecified atom stereocenters. The number of nitrogens with zero attached hydrogens (tertiary/aromatic N) is 1. The van der Waals surface area contributed by atoms with Crippen LogP contribution in [0.5, 0.6) is 0 Å². The lowest BCUT2D eigenvalue weighted by Gasteiger charge is -2.12. The van der Waals surface area contributed by atoms with Gasteiger partial charge in [-0.15, -0.1) is 0 Å². The summed E-state index contributed by atoms with van der Waals surface area (Å²) in [5.41, 5.74) is 0.491. The minimum absolute atomic E-state index is 0.127. The zero-order valence-electron chi connectivity index (χ0n) is 10.8. The van der Waals surface area contributed by atoms with Crippen molar-refractivity contribution in [3.63, 3.8) is 0 Å². The highest BCUT2D eigenvalue weighted by Crippen LogP contribution is 2.23. The number of benzene rings is 1. The molecule has 106 valence electrons. The van der Waals surface area contributed by atoms with E-state index in [-0.39, 0.29) is 4.90 Å². The van der Waals surface area contributed by atoms with E-state index in [0.717, 1.165) is 4.47 Å². The highest BCUT2D eigenvalue weighted by Gasteiger charge is 2.19. The van der Waals surface area contributed by atoms with Gasteiger partial charge in [0.2, 0.25) is 0 Å². The van der Waals surface area contributed by atoms with E-state index >= 15 is 0 Å². The van der Waals surface area contributed by atoms with Gasteiger partial charge >= 0.3 is 0 Å². The summed E-state index contributed by atoms with van der Waals surface area (Å²) in [4.78, 5) is 4.18. The van der Waals surface area contributed by atoms with Crippen molar-refractivity contribution in [2.75, 3.05) is 16.6 Å². The van der Waals surface area contributed by atoms with Crippen LogP contribution in [0, 0.1) is 0 Å². The van der Waals surface area contributed by atoms with Crippen molar-refractivity contribution >= 4 is 37.5 Å². The van der Waals surface area contributed by atoms with Crippen molar-refractivity contribution in [2.24, 2.45) is 0 Å². The van der Waals surface area contributed by atoms with Crippen molar-refractivity contribution < 1.29 is 8.42 Å². The molecule has 0 saturated carbocycles. The van der Waals surface area contributed by atoms with Crippen LogP contribution in [0.15, 0.2) is 52.0 Å². The zero-order valence-corrected chi connectivity index (χ0v) is 13.2. The summed E-state index contributed by atoms with van der Waals surface area (Å²) in [6.45, 7) is 2.48. The predicted molar refractivity (Wildman–Crippen MR) is 83.4 cm³/mol. The highest BCUT2D eigenvalue weighted by atomic mass is 79.9.